The van der Waals surface area contributed by atoms with Crippen LogP contribution in [0.3, 0.4) is 0 Å². The Morgan fingerprint density at radius 3 is 2.79 bits per heavy atom. The zero-order valence-corrected chi connectivity index (χ0v) is 9.65. The minimum atomic E-state index is -4.47. The molecule has 1 aliphatic heterocycles. The summed E-state index contributed by atoms with van der Waals surface area (Å²) in [5.74, 6) is 0. The number of hydrogen-bond acceptors (Lipinski definition) is 3. The topological polar surface area (TPSA) is 61.8 Å². The second-order valence-electron chi connectivity index (χ2n) is 4.02. The van der Waals surface area contributed by atoms with Crippen LogP contribution in [0.5, 0.6) is 0 Å². The van der Waals surface area contributed by atoms with E-state index in [-0.39, 0.29) is 18.8 Å². The van der Waals surface area contributed by atoms with Gasteiger partial charge in [0.1, 0.15) is 12.7 Å². The highest BCUT2D eigenvalue weighted by atomic mass is 19.4. The van der Waals surface area contributed by atoms with Gasteiger partial charge < -0.3 is 10.4 Å². The fourth-order valence-electron chi connectivity index (χ4n) is 1.57. The fraction of sp³-hybridized carbons (Fsp3) is 0.364. The number of β-amino-alcohol motifs (C(OH)–C–C–N with tert-alkyl or cyclic N) is 1. The molecule has 1 heterocycles. The van der Waals surface area contributed by atoms with Crippen molar-refractivity contribution >= 4 is 11.7 Å². The van der Waals surface area contributed by atoms with Gasteiger partial charge in [-0.05, 0) is 18.2 Å². The van der Waals surface area contributed by atoms with E-state index in [0.29, 0.717) is 0 Å². The number of aliphatic hydroxyl groups excluding tert-OH is 1. The molecule has 0 bridgehead atoms. The Kier molecular flexibility index (Phi) is 3.63. The van der Waals surface area contributed by atoms with Crippen LogP contribution >= 0.6 is 0 Å². The molecule has 1 fully saturated rings. The summed E-state index contributed by atoms with van der Waals surface area (Å²) >= 11 is 0. The Labute approximate surface area is 106 Å². The number of nitrogens with one attached hydrogen (secondary N) is 1. The van der Waals surface area contributed by atoms with Crippen molar-refractivity contribution < 1.29 is 27.9 Å². The summed E-state index contributed by atoms with van der Waals surface area (Å²) < 4.78 is 37.4. The molecule has 1 atom stereocenters. The first-order valence-electron chi connectivity index (χ1n) is 5.43. The summed E-state index contributed by atoms with van der Waals surface area (Å²) in [7, 11) is 0. The number of rotatable bonds is 1. The van der Waals surface area contributed by atoms with Crippen molar-refractivity contribution in [1.82, 2.24) is 5.06 Å². The lowest BCUT2D eigenvalue weighted by atomic mass is 10.2. The van der Waals surface area contributed by atoms with E-state index in [2.05, 4.69) is 5.32 Å². The lowest BCUT2D eigenvalue weighted by Gasteiger charge is -2.15. The van der Waals surface area contributed by atoms with Crippen molar-refractivity contribution in [2.24, 2.45) is 0 Å². The van der Waals surface area contributed by atoms with E-state index in [4.69, 9.17) is 9.94 Å². The molecule has 19 heavy (non-hydrogen) atoms. The van der Waals surface area contributed by atoms with Crippen LogP contribution in [0.2, 0.25) is 0 Å². The molecular weight excluding hydrogens is 265 g/mol. The Hall–Kier alpha value is -1.80. The van der Waals surface area contributed by atoms with E-state index < -0.39 is 23.9 Å². The summed E-state index contributed by atoms with van der Waals surface area (Å²) in [4.78, 5) is 16.5. The first kappa shape index (κ1) is 13.6. The van der Waals surface area contributed by atoms with Crippen LogP contribution in [0.1, 0.15) is 5.56 Å². The highest BCUT2D eigenvalue weighted by Gasteiger charge is 2.31. The van der Waals surface area contributed by atoms with Crippen LogP contribution in [0.4, 0.5) is 23.7 Å². The number of nitrogens with zero attached hydrogens (tertiary/aromatic N) is 1. The van der Waals surface area contributed by atoms with Crippen LogP contribution in [-0.4, -0.2) is 35.5 Å². The van der Waals surface area contributed by atoms with E-state index in [0.717, 1.165) is 17.2 Å². The maximum absolute atomic E-state index is 12.5. The Morgan fingerprint density at radius 2 is 2.21 bits per heavy atom. The van der Waals surface area contributed by atoms with Gasteiger partial charge in [-0.25, -0.2) is 9.86 Å². The van der Waals surface area contributed by atoms with Gasteiger partial charge >= 0.3 is 12.2 Å². The molecule has 2 rings (SSSR count). The van der Waals surface area contributed by atoms with Crippen LogP contribution < -0.4 is 5.32 Å². The molecule has 0 spiro atoms. The van der Waals surface area contributed by atoms with Crippen LogP contribution in [0.25, 0.3) is 0 Å². The van der Waals surface area contributed by atoms with E-state index in [1.54, 1.807) is 0 Å². The zero-order valence-electron chi connectivity index (χ0n) is 9.65. The monoisotopic (exact) mass is 276 g/mol. The van der Waals surface area contributed by atoms with Gasteiger partial charge in [0, 0.05) is 5.69 Å². The first-order chi connectivity index (χ1) is 8.86. The predicted molar refractivity (Wildman–Crippen MR) is 59.1 cm³/mol. The minimum absolute atomic E-state index is 0.00446. The highest BCUT2D eigenvalue weighted by molar-refractivity contribution is 5.88. The number of hydrogen-bond donors (Lipinski definition) is 2. The molecule has 1 saturated heterocycles. The molecule has 1 aliphatic rings. The van der Waals surface area contributed by atoms with Gasteiger partial charge in [-0.2, -0.15) is 13.2 Å². The molecule has 1 aromatic rings. The van der Waals surface area contributed by atoms with Crippen LogP contribution in [0, 0.1) is 0 Å². The number of halogens is 3. The Bertz CT molecular complexity index is 478. The molecule has 1 aromatic carbocycles. The highest BCUT2D eigenvalue weighted by Crippen LogP contribution is 2.30. The van der Waals surface area contributed by atoms with Gasteiger partial charge in [0.2, 0.25) is 0 Å². The molecule has 0 aromatic heterocycles. The predicted octanol–water partition coefficient (Wildman–Crippen LogP) is 1.85. The molecule has 0 aliphatic carbocycles. The van der Waals surface area contributed by atoms with Gasteiger partial charge in [0.05, 0.1) is 12.1 Å². The summed E-state index contributed by atoms with van der Waals surface area (Å²) in [6.07, 6.45) is -5.26. The van der Waals surface area contributed by atoms with Gasteiger partial charge in [-0.1, -0.05) is 6.07 Å². The summed E-state index contributed by atoms with van der Waals surface area (Å²) in [6.45, 7) is -0.0409. The quantitative estimate of drug-likeness (QED) is 0.822. The number of alkyl halides is 3. The fourth-order valence-corrected chi connectivity index (χ4v) is 1.57. The van der Waals surface area contributed by atoms with E-state index in [1.165, 1.54) is 12.1 Å². The lowest BCUT2D eigenvalue weighted by molar-refractivity contribution is -0.137. The van der Waals surface area contributed by atoms with Crippen molar-refractivity contribution in [2.45, 2.75) is 12.3 Å². The molecule has 2 amide bonds. The molecule has 5 nitrogen and oxygen atoms in total. The number of urea groups is 1. The van der Waals surface area contributed by atoms with Crippen molar-refractivity contribution in [3.8, 4) is 0 Å². The maximum atomic E-state index is 12.5. The largest absolute Gasteiger partial charge is 0.416 e. The number of carbonyl (C=O) groups excluding carboxylic acids is 1. The van der Waals surface area contributed by atoms with E-state index in [1.807, 2.05) is 0 Å². The van der Waals surface area contributed by atoms with E-state index in [9.17, 15) is 18.0 Å². The van der Waals surface area contributed by atoms with Gasteiger partial charge in [0.25, 0.3) is 0 Å². The standard InChI is InChI=1S/C11H11F3N2O3/c12-11(13,14)7-2-1-3-8(4-7)15-10(18)16-5-9(17)6-19-16/h1-4,9,17H,5-6H2,(H,15,18)/t9-/m1/s1. The second kappa shape index (κ2) is 5.06. The number of carbonyl (C=O) groups is 1. The number of amides is 2. The third-order valence-corrected chi connectivity index (χ3v) is 2.47. The summed E-state index contributed by atoms with van der Waals surface area (Å²) in [6, 6.07) is 3.53. The first-order valence-corrected chi connectivity index (χ1v) is 5.43. The summed E-state index contributed by atoms with van der Waals surface area (Å²) in [5.41, 5.74) is -0.850. The Morgan fingerprint density at radius 1 is 1.47 bits per heavy atom. The smallest absolute Gasteiger partial charge is 0.389 e. The van der Waals surface area contributed by atoms with Crippen LogP contribution in [-0.2, 0) is 11.0 Å². The average Bonchev–Trinajstić information content (AvgIpc) is 2.75. The third-order valence-electron chi connectivity index (χ3n) is 2.47. The van der Waals surface area contributed by atoms with Crippen molar-refractivity contribution in [3.05, 3.63) is 29.8 Å². The molecule has 0 saturated carbocycles. The molecular formula is C11H11F3N2O3. The maximum Gasteiger partial charge on any atom is 0.416 e. The van der Waals surface area contributed by atoms with Crippen molar-refractivity contribution in [2.75, 3.05) is 18.5 Å². The molecule has 104 valence electrons. The summed E-state index contributed by atoms with van der Waals surface area (Å²) in [5, 5.41) is 12.3. The average molecular weight is 276 g/mol. The van der Waals surface area contributed by atoms with Crippen LogP contribution in [0.15, 0.2) is 24.3 Å². The van der Waals surface area contributed by atoms with Gasteiger partial charge in [-0.3, -0.25) is 4.84 Å². The molecule has 8 heteroatoms. The van der Waals surface area contributed by atoms with Gasteiger partial charge in [-0.15, -0.1) is 0 Å². The van der Waals surface area contributed by atoms with Crippen molar-refractivity contribution in [3.63, 3.8) is 0 Å². The molecule has 0 radical (unpaired) electrons. The normalized spacial score (nSPS) is 19.6. The third kappa shape index (κ3) is 3.36. The number of aliphatic hydroxyl groups is 1. The SMILES string of the molecule is O=C(Nc1cccc(C(F)(F)F)c1)N1C[C@@H](O)CO1. The number of benzene rings is 1. The molecule has 2 N–H and O–H groups in total. The lowest BCUT2D eigenvalue weighted by Crippen LogP contribution is -2.32. The number of hydroxylamine groups is 2. The zero-order chi connectivity index (χ0) is 14.0. The van der Waals surface area contributed by atoms with Crippen molar-refractivity contribution in [1.29, 1.82) is 0 Å². The number of anilines is 1. The second-order valence-corrected chi connectivity index (χ2v) is 4.02. The molecule has 0 unspecified atom stereocenters. The van der Waals surface area contributed by atoms with E-state index >= 15 is 0 Å². The minimum Gasteiger partial charge on any atom is -0.389 e. The van der Waals surface area contributed by atoms with Gasteiger partial charge in [0.15, 0.2) is 0 Å². The Balaban J connectivity index is 2.05.